The van der Waals surface area contributed by atoms with Gasteiger partial charge in [-0.1, -0.05) is 18.1 Å². The highest BCUT2D eigenvalue weighted by molar-refractivity contribution is 5.77. The SMILES string of the molecule is C#Cc1cccc(C(C)C(=O)OC)c1. The molecule has 2 nitrogen and oxygen atoms in total. The molecule has 0 radical (unpaired) electrons. The predicted octanol–water partition coefficient (Wildman–Crippen LogP) is 1.94. The number of benzene rings is 1. The van der Waals surface area contributed by atoms with Gasteiger partial charge in [0.2, 0.25) is 0 Å². The minimum Gasteiger partial charge on any atom is -0.469 e. The van der Waals surface area contributed by atoms with Crippen molar-refractivity contribution in [2.75, 3.05) is 7.11 Å². The van der Waals surface area contributed by atoms with Gasteiger partial charge in [-0.25, -0.2) is 0 Å². The molecule has 14 heavy (non-hydrogen) atoms. The molecule has 1 rings (SSSR count). The lowest BCUT2D eigenvalue weighted by Gasteiger charge is -2.09. The molecule has 1 aromatic carbocycles. The number of terminal acetylenes is 1. The maximum Gasteiger partial charge on any atom is 0.312 e. The Hall–Kier alpha value is -1.75. The number of methoxy groups -OCH3 is 1. The number of carbonyl (C=O) groups is 1. The lowest BCUT2D eigenvalue weighted by molar-refractivity contribution is -0.141. The van der Waals surface area contributed by atoms with Crippen molar-refractivity contribution in [3.8, 4) is 12.3 Å². The molecule has 0 aliphatic heterocycles. The Balaban J connectivity index is 2.96. The largest absolute Gasteiger partial charge is 0.469 e. The zero-order chi connectivity index (χ0) is 10.6. The normalized spacial score (nSPS) is 11.5. The first kappa shape index (κ1) is 10.3. The third-order valence-electron chi connectivity index (χ3n) is 2.11. The lowest BCUT2D eigenvalue weighted by atomic mass is 9.99. The van der Waals surface area contributed by atoms with E-state index in [2.05, 4.69) is 10.7 Å². The van der Waals surface area contributed by atoms with E-state index in [4.69, 9.17) is 6.42 Å². The van der Waals surface area contributed by atoms with Crippen molar-refractivity contribution in [1.29, 1.82) is 0 Å². The Morgan fingerprint density at radius 1 is 1.57 bits per heavy atom. The number of hydrogen-bond donors (Lipinski definition) is 0. The van der Waals surface area contributed by atoms with E-state index >= 15 is 0 Å². The van der Waals surface area contributed by atoms with Crippen LogP contribution in [0.4, 0.5) is 0 Å². The third kappa shape index (κ3) is 2.14. The average molecular weight is 188 g/mol. The maximum atomic E-state index is 11.2. The molecule has 0 aliphatic rings. The average Bonchev–Trinajstić information content (AvgIpc) is 2.27. The van der Waals surface area contributed by atoms with Crippen molar-refractivity contribution < 1.29 is 9.53 Å². The van der Waals surface area contributed by atoms with E-state index in [0.29, 0.717) is 0 Å². The van der Waals surface area contributed by atoms with Crippen molar-refractivity contribution in [2.45, 2.75) is 12.8 Å². The smallest absolute Gasteiger partial charge is 0.312 e. The number of carbonyl (C=O) groups excluding carboxylic acids is 1. The number of ether oxygens (including phenoxy) is 1. The molecule has 0 heterocycles. The molecule has 0 aliphatic carbocycles. The molecule has 0 spiro atoms. The molecule has 1 aromatic rings. The Labute approximate surface area is 83.9 Å². The van der Waals surface area contributed by atoms with Crippen LogP contribution in [-0.2, 0) is 9.53 Å². The summed E-state index contributed by atoms with van der Waals surface area (Å²) in [6.07, 6.45) is 5.26. The van der Waals surface area contributed by atoms with Gasteiger partial charge in [-0.2, -0.15) is 0 Å². The summed E-state index contributed by atoms with van der Waals surface area (Å²) in [7, 11) is 1.38. The fraction of sp³-hybridized carbons (Fsp3) is 0.250. The van der Waals surface area contributed by atoms with Crippen molar-refractivity contribution in [3.05, 3.63) is 35.4 Å². The Kier molecular flexibility index (Phi) is 3.30. The van der Waals surface area contributed by atoms with Gasteiger partial charge in [0.25, 0.3) is 0 Å². The summed E-state index contributed by atoms with van der Waals surface area (Å²) in [4.78, 5) is 11.2. The molecule has 0 amide bonds. The summed E-state index contributed by atoms with van der Waals surface area (Å²) in [5.41, 5.74) is 1.66. The summed E-state index contributed by atoms with van der Waals surface area (Å²) in [5, 5.41) is 0. The monoisotopic (exact) mass is 188 g/mol. The van der Waals surface area contributed by atoms with Crippen LogP contribution < -0.4 is 0 Å². The molecule has 72 valence electrons. The number of hydrogen-bond acceptors (Lipinski definition) is 2. The highest BCUT2D eigenvalue weighted by Gasteiger charge is 2.15. The summed E-state index contributed by atoms with van der Waals surface area (Å²) in [6.45, 7) is 1.79. The van der Waals surface area contributed by atoms with Gasteiger partial charge in [-0.3, -0.25) is 4.79 Å². The Morgan fingerprint density at radius 2 is 2.29 bits per heavy atom. The third-order valence-corrected chi connectivity index (χ3v) is 2.11. The molecule has 0 saturated heterocycles. The van der Waals surface area contributed by atoms with Crippen LogP contribution in [-0.4, -0.2) is 13.1 Å². The number of rotatable bonds is 2. The van der Waals surface area contributed by atoms with Crippen molar-refractivity contribution in [3.63, 3.8) is 0 Å². The van der Waals surface area contributed by atoms with Crippen LogP contribution in [0.5, 0.6) is 0 Å². The lowest BCUT2D eigenvalue weighted by Crippen LogP contribution is -2.10. The summed E-state index contributed by atoms with van der Waals surface area (Å²) in [5.74, 6) is 2.01. The summed E-state index contributed by atoms with van der Waals surface area (Å²) < 4.78 is 4.65. The first-order valence-corrected chi connectivity index (χ1v) is 4.33. The van der Waals surface area contributed by atoms with Crippen LogP contribution in [0, 0.1) is 12.3 Å². The van der Waals surface area contributed by atoms with E-state index in [1.165, 1.54) is 7.11 Å². The van der Waals surface area contributed by atoms with Gasteiger partial charge in [-0.05, 0) is 24.6 Å². The van der Waals surface area contributed by atoms with E-state index in [1.807, 2.05) is 24.3 Å². The van der Waals surface area contributed by atoms with Crippen LogP contribution in [0.25, 0.3) is 0 Å². The van der Waals surface area contributed by atoms with Gasteiger partial charge >= 0.3 is 5.97 Å². The van der Waals surface area contributed by atoms with Crippen LogP contribution in [0.2, 0.25) is 0 Å². The van der Waals surface area contributed by atoms with Crippen LogP contribution >= 0.6 is 0 Å². The standard InChI is InChI=1S/C12H12O2/c1-4-10-6-5-7-11(8-10)9(2)12(13)14-3/h1,5-9H,2-3H3. The van der Waals surface area contributed by atoms with Gasteiger partial charge in [0.05, 0.1) is 13.0 Å². The molecule has 0 N–H and O–H groups in total. The van der Waals surface area contributed by atoms with E-state index in [0.717, 1.165) is 11.1 Å². The zero-order valence-corrected chi connectivity index (χ0v) is 8.28. The maximum absolute atomic E-state index is 11.2. The van der Waals surface area contributed by atoms with Crippen LogP contribution in [0.15, 0.2) is 24.3 Å². The van der Waals surface area contributed by atoms with Gasteiger partial charge in [-0.15, -0.1) is 6.42 Å². The second-order valence-electron chi connectivity index (χ2n) is 3.01. The summed E-state index contributed by atoms with van der Waals surface area (Å²) >= 11 is 0. The molecule has 0 saturated carbocycles. The number of esters is 1. The molecule has 1 unspecified atom stereocenters. The van der Waals surface area contributed by atoms with Gasteiger partial charge < -0.3 is 4.74 Å². The summed E-state index contributed by atoms with van der Waals surface area (Å²) in [6, 6.07) is 7.35. The highest BCUT2D eigenvalue weighted by Crippen LogP contribution is 2.17. The second kappa shape index (κ2) is 4.48. The Morgan fingerprint density at radius 3 is 2.86 bits per heavy atom. The van der Waals surface area contributed by atoms with Crippen molar-refractivity contribution >= 4 is 5.97 Å². The van der Waals surface area contributed by atoms with Crippen LogP contribution in [0.1, 0.15) is 24.0 Å². The van der Waals surface area contributed by atoms with Crippen molar-refractivity contribution in [1.82, 2.24) is 0 Å². The molecule has 0 aromatic heterocycles. The second-order valence-corrected chi connectivity index (χ2v) is 3.01. The first-order valence-electron chi connectivity index (χ1n) is 4.33. The predicted molar refractivity (Wildman–Crippen MR) is 54.8 cm³/mol. The molecule has 2 heteroatoms. The molecule has 0 bridgehead atoms. The van der Waals surface area contributed by atoms with E-state index in [1.54, 1.807) is 6.92 Å². The molecular weight excluding hydrogens is 176 g/mol. The first-order chi connectivity index (χ1) is 6.69. The zero-order valence-electron chi connectivity index (χ0n) is 8.28. The van der Waals surface area contributed by atoms with E-state index < -0.39 is 0 Å². The van der Waals surface area contributed by atoms with E-state index in [9.17, 15) is 4.79 Å². The van der Waals surface area contributed by atoms with E-state index in [-0.39, 0.29) is 11.9 Å². The van der Waals surface area contributed by atoms with Gasteiger partial charge in [0.15, 0.2) is 0 Å². The minimum atomic E-state index is -0.270. The minimum absolute atomic E-state index is 0.251. The molecule has 0 fully saturated rings. The highest BCUT2D eigenvalue weighted by atomic mass is 16.5. The fourth-order valence-corrected chi connectivity index (χ4v) is 1.21. The quantitative estimate of drug-likeness (QED) is 0.523. The topological polar surface area (TPSA) is 26.3 Å². The fourth-order valence-electron chi connectivity index (χ4n) is 1.21. The van der Waals surface area contributed by atoms with Gasteiger partial charge in [0.1, 0.15) is 0 Å². The van der Waals surface area contributed by atoms with Crippen LogP contribution in [0.3, 0.4) is 0 Å². The van der Waals surface area contributed by atoms with Crippen molar-refractivity contribution in [2.24, 2.45) is 0 Å². The van der Waals surface area contributed by atoms with Gasteiger partial charge in [0, 0.05) is 5.56 Å². The Bertz CT molecular complexity index is 374. The molecule has 1 atom stereocenters. The molecular formula is C12H12O2.